The van der Waals surface area contributed by atoms with E-state index in [1.165, 1.54) is 0 Å². The molecule has 120 valence electrons. The van der Waals surface area contributed by atoms with Crippen LogP contribution >= 0.6 is 0 Å². The van der Waals surface area contributed by atoms with E-state index in [9.17, 15) is 9.59 Å². The predicted molar refractivity (Wildman–Crippen MR) is 87.3 cm³/mol. The number of rotatable bonds is 3. The van der Waals surface area contributed by atoms with E-state index in [1.807, 2.05) is 6.07 Å². The summed E-state index contributed by atoms with van der Waals surface area (Å²) < 4.78 is 10.2. The van der Waals surface area contributed by atoms with Gasteiger partial charge in [0, 0.05) is 10.9 Å². The topological polar surface area (TPSA) is 80.4 Å². The van der Waals surface area contributed by atoms with E-state index in [2.05, 4.69) is 16.2 Å². The molecule has 0 bridgehead atoms. The zero-order valence-corrected chi connectivity index (χ0v) is 13.2. The minimum atomic E-state index is -0.738. The van der Waals surface area contributed by atoms with Crippen molar-refractivity contribution in [3.8, 4) is 12.3 Å². The van der Waals surface area contributed by atoms with Gasteiger partial charge in [-0.15, -0.1) is 6.42 Å². The molecule has 0 aliphatic heterocycles. The van der Waals surface area contributed by atoms with Crippen LogP contribution < -0.4 is 5.32 Å². The van der Waals surface area contributed by atoms with Crippen LogP contribution in [-0.4, -0.2) is 29.3 Å². The maximum atomic E-state index is 12.4. The van der Waals surface area contributed by atoms with Gasteiger partial charge in [-0.25, -0.2) is 9.59 Å². The Hall–Kier alpha value is -2.94. The van der Waals surface area contributed by atoms with Gasteiger partial charge in [-0.2, -0.15) is 0 Å². The van der Waals surface area contributed by atoms with Gasteiger partial charge in [0.2, 0.25) is 0 Å². The van der Waals surface area contributed by atoms with E-state index >= 15 is 0 Å². The summed E-state index contributed by atoms with van der Waals surface area (Å²) >= 11 is 0. The molecular weight excluding hydrogens is 296 g/mol. The summed E-state index contributed by atoms with van der Waals surface area (Å²) in [5, 5.41) is 3.22. The Morgan fingerprint density at radius 3 is 2.65 bits per heavy atom. The molecule has 0 saturated heterocycles. The second-order valence-electron chi connectivity index (χ2n) is 5.83. The Bertz CT molecular complexity index is 778. The second kappa shape index (κ2) is 6.44. The minimum Gasteiger partial charge on any atom is -0.455 e. The number of fused-ring (bicyclic) bond motifs is 1. The number of ether oxygens (including phenoxy) is 2. The summed E-state index contributed by atoms with van der Waals surface area (Å²) in [7, 11) is 0. The first-order valence-corrected chi connectivity index (χ1v) is 7.03. The molecule has 0 aliphatic carbocycles. The van der Waals surface area contributed by atoms with Gasteiger partial charge >= 0.3 is 12.1 Å². The maximum Gasteiger partial charge on any atom is 0.412 e. The number of esters is 1. The molecule has 1 heterocycles. The van der Waals surface area contributed by atoms with E-state index in [0.29, 0.717) is 16.6 Å². The van der Waals surface area contributed by atoms with Crippen LogP contribution in [0, 0.1) is 12.3 Å². The number of hydrogen-bond acceptors (Lipinski definition) is 4. The van der Waals surface area contributed by atoms with Crippen LogP contribution in [-0.2, 0) is 9.47 Å². The van der Waals surface area contributed by atoms with Gasteiger partial charge in [-0.3, -0.25) is 5.32 Å². The zero-order valence-electron chi connectivity index (χ0n) is 13.2. The van der Waals surface area contributed by atoms with Crippen molar-refractivity contribution in [1.82, 2.24) is 4.98 Å². The van der Waals surface area contributed by atoms with Gasteiger partial charge in [0.1, 0.15) is 11.3 Å². The average molecular weight is 314 g/mol. The molecule has 0 fully saturated rings. The fourth-order valence-electron chi connectivity index (χ4n) is 2.00. The van der Waals surface area contributed by atoms with E-state index in [-0.39, 0.29) is 12.3 Å². The first kappa shape index (κ1) is 16.4. The maximum absolute atomic E-state index is 12.4. The normalized spacial score (nSPS) is 10.9. The highest BCUT2D eigenvalue weighted by molar-refractivity contribution is 6.10. The number of H-pyrrole nitrogens is 1. The molecule has 2 aromatic rings. The molecule has 1 amide bonds. The predicted octanol–water partition coefficient (Wildman–Crippen LogP) is 3.30. The zero-order chi connectivity index (χ0) is 17.0. The molecule has 0 unspecified atom stereocenters. The lowest BCUT2D eigenvalue weighted by Crippen LogP contribution is -2.25. The lowest BCUT2D eigenvalue weighted by molar-refractivity contribution is 0.00651. The number of carbonyl (C=O) groups excluding carboxylic acids is 2. The summed E-state index contributed by atoms with van der Waals surface area (Å²) in [5.74, 6) is 1.63. The number of para-hydroxylation sites is 1. The number of benzene rings is 1. The molecule has 0 atom stereocenters. The monoisotopic (exact) mass is 314 g/mol. The molecule has 1 aromatic carbocycles. The average Bonchev–Trinajstić information content (AvgIpc) is 2.82. The molecule has 0 spiro atoms. The number of amides is 1. The summed E-state index contributed by atoms with van der Waals surface area (Å²) in [5.41, 5.74) is 0.492. The molecule has 1 aromatic heterocycles. The first-order chi connectivity index (χ1) is 10.8. The van der Waals surface area contributed by atoms with E-state index < -0.39 is 17.7 Å². The molecule has 23 heavy (non-hydrogen) atoms. The largest absolute Gasteiger partial charge is 0.455 e. The van der Waals surface area contributed by atoms with E-state index in [1.54, 1.807) is 39.0 Å². The van der Waals surface area contributed by atoms with Gasteiger partial charge in [-0.05, 0) is 26.8 Å². The van der Waals surface area contributed by atoms with Gasteiger partial charge in [0.05, 0.1) is 5.69 Å². The smallest absolute Gasteiger partial charge is 0.412 e. The van der Waals surface area contributed by atoms with Crippen LogP contribution in [0.4, 0.5) is 10.5 Å². The van der Waals surface area contributed by atoms with Crippen molar-refractivity contribution in [1.29, 1.82) is 0 Å². The van der Waals surface area contributed by atoms with Crippen LogP contribution in [0.2, 0.25) is 0 Å². The number of hydrogen-bond donors (Lipinski definition) is 2. The number of nitrogens with one attached hydrogen (secondary N) is 2. The first-order valence-electron chi connectivity index (χ1n) is 7.03. The Morgan fingerprint density at radius 2 is 2.00 bits per heavy atom. The van der Waals surface area contributed by atoms with E-state index in [0.717, 1.165) is 0 Å². The van der Waals surface area contributed by atoms with Crippen LogP contribution in [0.5, 0.6) is 0 Å². The van der Waals surface area contributed by atoms with Crippen molar-refractivity contribution in [2.45, 2.75) is 26.4 Å². The number of aromatic nitrogens is 1. The fourth-order valence-corrected chi connectivity index (χ4v) is 2.00. The van der Waals surface area contributed by atoms with Crippen LogP contribution in [0.25, 0.3) is 10.9 Å². The summed E-state index contributed by atoms with van der Waals surface area (Å²) in [6, 6.07) is 7.18. The molecule has 0 radical (unpaired) electrons. The van der Waals surface area contributed by atoms with Crippen molar-refractivity contribution >= 4 is 28.7 Å². The number of carbonyl (C=O) groups is 2. The van der Waals surface area contributed by atoms with Crippen LogP contribution in [0.15, 0.2) is 24.3 Å². The van der Waals surface area contributed by atoms with Crippen LogP contribution in [0.1, 0.15) is 31.3 Å². The third-order valence-corrected chi connectivity index (χ3v) is 2.82. The van der Waals surface area contributed by atoms with Crippen molar-refractivity contribution in [3.63, 3.8) is 0 Å². The SMILES string of the molecule is C#CCOC(=O)Nc1c(C(=O)OC(C)(C)C)[nH]c2ccccc12. The fraction of sp³-hybridized carbons (Fsp3) is 0.294. The molecule has 6 nitrogen and oxygen atoms in total. The summed E-state index contributed by atoms with van der Waals surface area (Å²) in [4.78, 5) is 27.1. The molecule has 2 N–H and O–H groups in total. The lowest BCUT2D eigenvalue weighted by atomic mass is 10.2. The minimum absolute atomic E-state index is 0.152. The lowest BCUT2D eigenvalue weighted by Gasteiger charge is -2.19. The van der Waals surface area contributed by atoms with Gasteiger partial charge in [0.25, 0.3) is 0 Å². The summed E-state index contributed by atoms with van der Waals surface area (Å²) in [6.07, 6.45) is 4.31. The Kier molecular flexibility index (Phi) is 4.60. The standard InChI is InChI=1S/C17H18N2O4/c1-5-10-22-16(21)19-13-11-8-6-7-9-12(11)18-14(13)15(20)23-17(2,3)4/h1,6-9,18H,10H2,2-4H3,(H,19,21). The molecular formula is C17H18N2O4. The Morgan fingerprint density at radius 1 is 1.30 bits per heavy atom. The third kappa shape index (κ3) is 4.04. The van der Waals surface area contributed by atoms with Crippen LogP contribution in [0.3, 0.4) is 0 Å². The highest BCUT2D eigenvalue weighted by Gasteiger charge is 2.25. The number of anilines is 1. The second-order valence-corrected chi connectivity index (χ2v) is 5.83. The Labute approximate surface area is 134 Å². The molecule has 0 saturated carbocycles. The number of terminal acetylenes is 1. The Balaban J connectivity index is 2.39. The molecule has 2 rings (SSSR count). The summed E-state index contributed by atoms with van der Waals surface area (Å²) in [6.45, 7) is 5.14. The van der Waals surface area contributed by atoms with Crippen molar-refractivity contribution in [2.24, 2.45) is 0 Å². The quantitative estimate of drug-likeness (QED) is 0.673. The molecule has 0 aliphatic rings. The highest BCUT2D eigenvalue weighted by Crippen LogP contribution is 2.29. The highest BCUT2D eigenvalue weighted by atomic mass is 16.6. The van der Waals surface area contributed by atoms with Gasteiger partial charge in [-0.1, -0.05) is 24.1 Å². The molecule has 6 heteroatoms. The van der Waals surface area contributed by atoms with Gasteiger partial charge in [0.15, 0.2) is 6.61 Å². The van der Waals surface area contributed by atoms with Gasteiger partial charge < -0.3 is 14.5 Å². The van der Waals surface area contributed by atoms with Crippen molar-refractivity contribution in [3.05, 3.63) is 30.0 Å². The van der Waals surface area contributed by atoms with Crippen molar-refractivity contribution < 1.29 is 19.1 Å². The third-order valence-electron chi connectivity index (χ3n) is 2.82. The van der Waals surface area contributed by atoms with E-state index in [4.69, 9.17) is 15.9 Å². The number of aromatic amines is 1. The van der Waals surface area contributed by atoms with Crippen molar-refractivity contribution in [2.75, 3.05) is 11.9 Å².